The number of hydrogen-bond donors (Lipinski definition) is 1. The molecular weight excluding hydrogens is 280 g/mol. The molecule has 1 aliphatic carbocycles. The maximum absolute atomic E-state index is 11.4. The Hall–Kier alpha value is -0.960. The summed E-state index contributed by atoms with van der Waals surface area (Å²) in [6, 6.07) is 8.63. The third-order valence-electron chi connectivity index (χ3n) is 4.38. The quantitative estimate of drug-likeness (QED) is 0.857. The van der Waals surface area contributed by atoms with Crippen LogP contribution in [0.4, 0.5) is 0 Å². The van der Waals surface area contributed by atoms with Crippen molar-refractivity contribution >= 4 is 17.7 Å². The minimum Gasteiger partial charge on any atom is -0.481 e. The van der Waals surface area contributed by atoms with Crippen LogP contribution in [0.1, 0.15) is 52.5 Å². The Balaban J connectivity index is 2.10. The summed E-state index contributed by atoms with van der Waals surface area (Å²) in [5.41, 5.74) is 1.48. The van der Waals surface area contributed by atoms with E-state index < -0.39 is 5.97 Å². The highest BCUT2D eigenvalue weighted by Crippen LogP contribution is 2.40. The lowest BCUT2D eigenvalue weighted by Crippen LogP contribution is -2.32. The Morgan fingerprint density at radius 1 is 1.19 bits per heavy atom. The zero-order chi connectivity index (χ0) is 15.6. The van der Waals surface area contributed by atoms with Gasteiger partial charge in [0, 0.05) is 10.1 Å². The van der Waals surface area contributed by atoms with Gasteiger partial charge in [0.1, 0.15) is 0 Å². The first kappa shape index (κ1) is 16.4. The molecule has 3 heteroatoms. The van der Waals surface area contributed by atoms with Gasteiger partial charge in [0.05, 0.1) is 5.92 Å². The Bertz CT molecular complexity index is 487. The topological polar surface area (TPSA) is 37.3 Å². The standard InChI is InChI=1S/C18H26O2S/c1-12-5-10-15(17(19)20)16(11-12)21-14-8-6-13(7-9-14)18(2,3)4/h6-9,12,15-16H,5,10-11H2,1-4H3,(H,19,20). The smallest absolute Gasteiger partial charge is 0.307 e. The van der Waals surface area contributed by atoms with Crippen molar-refractivity contribution in [2.24, 2.45) is 11.8 Å². The molecule has 0 aromatic heterocycles. The molecule has 1 saturated carbocycles. The van der Waals surface area contributed by atoms with Crippen molar-refractivity contribution in [2.45, 2.75) is 62.5 Å². The van der Waals surface area contributed by atoms with Crippen molar-refractivity contribution in [1.29, 1.82) is 0 Å². The molecule has 1 aromatic carbocycles. The van der Waals surface area contributed by atoms with Gasteiger partial charge in [-0.1, -0.05) is 39.8 Å². The van der Waals surface area contributed by atoms with Crippen molar-refractivity contribution in [3.63, 3.8) is 0 Å². The number of aliphatic carboxylic acids is 1. The van der Waals surface area contributed by atoms with Crippen LogP contribution in [0.15, 0.2) is 29.2 Å². The van der Waals surface area contributed by atoms with Gasteiger partial charge in [-0.15, -0.1) is 11.8 Å². The van der Waals surface area contributed by atoms with Gasteiger partial charge >= 0.3 is 5.97 Å². The summed E-state index contributed by atoms with van der Waals surface area (Å²) in [6.45, 7) is 8.85. The predicted molar refractivity (Wildman–Crippen MR) is 88.9 cm³/mol. The summed E-state index contributed by atoms with van der Waals surface area (Å²) in [5, 5.41) is 9.61. The lowest BCUT2D eigenvalue weighted by Gasteiger charge is -2.32. The Kier molecular flexibility index (Phi) is 5.03. The normalized spacial score (nSPS) is 26.6. The van der Waals surface area contributed by atoms with Crippen LogP contribution in [0.25, 0.3) is 0 Å². The summed E-state index contributed by atoms with van der Waals surface area (Å²) in [4.78, 5) is 12.6. The first-order valence-corrected chi connectivity index (χ1v) is 8.65. The average molecular weight is 306 g/mol. The van der Waals surface area contributed by atoms with Gasteiger partial charge in [-0.25, -0.2) is 0 Å². The second kappa shape index (κ2) is 6.43. The van der Waals surface area contributed by atoms with Crippen molar-refractivity contribution < 1.29 is 9.90 Å². The van der Waals surface area contributed by atoms with E-state index in [1.165, 1.54) is 10.5 Å². The third-order valence-corrected chi connectivity index (χ3v) is 5.75. The highest BCUT2D eigenvalue weighted by atomic mass is 32.2. The first-order valence-electron chi connectivity index (χ1n) is 7.77. The molecule has 0 heterocycles. The number of rotatable bonds is 3. The fourth-order valence-corrected chi connectivity index (χ4v) is 4.43. The molecule has 0 radical (unpaired) electrons. The molecular formula is C18H26O2S. The largest absolute Gasteiger partial charge is 0.481 e. The molecule has 1 aromatic rings. The van der Waals surface area contributed by atoms with Crippen LogP contribution in [-0.2, 0) is 10.2 Å². The second-order valence-corrected chi connectivity index (χ2v) is 8.61. The maximum atomic E-state index is 11.4. The van der Waals surface area contributed by atoms with E-state index in [2.05, 4.69) is 52.0 Å². The highest BCUT2D eigenvalue weighted by Gasteiger charge is 2.34. The van der Waals surface area contributed by atoms with Crippen LogP contribution in [0.5, 0.6) is 0 Å². The summed E-state index contributed by atoms with van der Waals surface area (Å²) in [6.07, 6.45) is 2.86. The lowest BCUT2D eigenvalue weighted by molar-refractivity contribution is -0.142. The van der Waals surface area contributed by atoms with Gasteiger partial charge in [-0.2, -0.15) is 0 Å². The van der Waals surface area contributed by atoms with Crippen LogP contribution < -0.4 is 0 Å². The Labute approximate surface area is 132 Å². The van der Waals surface area contributed by atoms with Crippen molar-refractivity contribution in [1.82, 2.24) is 0 Å². The molecule has 2 rings (SSSR count). The zero-order valence-corrected chi connectivity index (χ0v) is 14.2. The van der Waals surface area contributed by atoms with Gasteiger partial charge in [0.15, 0.2) is 0 Å². The van der Waals surface area contributed by atoms with E-state index in [1.807, 2.05) is 0 Å². The SMILES string of the molecule is CC1CCC(C(=O)O)C(Sc2ccc(C(C)(C)C)cc2)C1. The molecule has 116 valence electrons. The molecule has 21 heavy (non-hydrogen) atoms. The number of thioether (sulfide) groups is 1. The fraction of sp³-hybridized carbons (Fsp3) is 0.611. The molecule has 0 amide bonds. The average Bonchev–Trinajstić information content (AvgIpc) is 2.38. The molecule has 3 unspecified atom stereocenters. The predicted octanol–water partition coefficient (Wildman–Crippen LogP) is 4.97. The van der Waals surface area contributed by atoms with Crippen LogP contribution in [0.3, 0.4) is 0 Å². The summed E-state index contributed by atoms with van der Waals surface area (Å²) in [7, 11) is 0. The van der Waals surface area contributed by atoms with E-state index in [1.54, 1.807) is 11.8 Å². The van der Waals surface area contributed by atoms with E-state index in [0.717, 1.165) is 19.3 Å². The van der Waals surface area contributed by atoms with E-state index in [0.29, 0.717) is 5.92 Å². The summed E-state index contributed by atoms with van der Waals surface area (Å²) < 4.78 is 0. The van der Waals surface area contributed by atoms with E-state index in [9.17, 15) is 9.90 Å². The Morgan fingerprint density at radius 3 is 2.33 bits per heavy atom. The molecule has 1 fully saturated rings. The minimum absolute atomic E-state index is 0.159. The number of carboxylic acids is 1. The van der Waals surface area contributed by atoms with Crippen molar-refractivity contribution in [3.05, 3.63) is 29.8 Å². The van der Waals surface area contributed by atoms with Gasteiger partial charge in [0.25, 0.3) is 0 Å². The van der Waals surface area contributed by atoms with Gasteiger partial charge in [-0.05, 0) is 48.3 Å². The number of benzene rings is 1. The van der Waals surface area contributed by atoms with Crippen molar-refractivity contribution in [2.75, 3.05) is 0 Å². The summed E-state index contributed by atoms with van der Waals surface area (Å²) in [5.74, 6) is -0.203. The number of carbonyl (C=O) groups is 1. The molecule has 0 aliphatic heterocycles. The third kappa shape index (κ3) is 4.26. The van der Waals surface area contributed by atoms with Gasteiger partial charge in [0.2, 0.25) is 0 Å². The molecule has 1 N–H and O–H groups in total. The number of hydrogen-bond acceptors (Lipinski definition) is 2. The second-order valence-electron chi connectivity index (χ2n) is 7.29. The van der Waals surface area contributed by atoms with Crippen molar-refractivity contribution in [3.8, 4) is 0 Å². The molecule has 0 spiro atoms. The highest BCUT2D eigenvalue weighted by molar-refractivity contribution is 8.00. The zero-order valence-electron chi connectivity index (χ0n) is 13.4. The van der Waals surface area contributed by atoms with E-state index >= 15 is 0 Å². The molecule has 2 nitrogen and oxygen atoms in total. The maximum Gasteiger partial charge on any atom is 0.307 e. The summed E-state index contributed by atoms with van der Waals surface area (Å²) >= 11 is 1.74. The number of carboxylic acid groups (broad SMARTS) is 1. The van der Waals surface area contributed by atoms with E-state index in [-0.39, 0.29) is 16.6 Å². The van der Waals surface area contributed by atoms with Crippen LogP contribution in [-0.4, -0.2) is 16.3 Å². The van der Waals surface area contributed by atoms with Crippen LogP contribution in [0, 0.1) is 11.8 Å². The lowest BCUT2D eigenvalue weighted by atomic mass is 9.82. The fourth-order valence-electron chi connectivity index (χ4n) is 2.95. The molecule has 0 bridgehead atoms. The van der Waals surface area contributed by atoms with Crippen LogP contribution >= 0.6 is 11.8 Å². The molecule has 0 saturated heterocycles. The van der Waals surface area contributed by atoms with Gasteiger partial charge < -0.3 is 5.11 Å². The Morgan fingerprint density at radius 2 is 1.81 bits per heavy atom. The molecule has 3 atom stereocenters. The van der Waals surface area contributed by atoms with E-state index in [4.69, 9.17) is 0 Å². The van der Waals surface area contributed by atoms with Gasteiger partial charge in [-0.3, -0.25) is 4.79 Å². The monoisotopic (exact) mass is 306 g/mol. The molecule has 1 aliphatic rings. The van der Waals surface area contributed by atoms with Crippen LogP contribution in [0.2, 0.25) is 0 Å². The minimum atomic E-state index is -0.634. The first-order chi connectivity index (χ1) is 9.77.